The highest BCUT2D eigenvalue weighted by molar-refractivity contribution is 6.16. The van der Waals surface area contributed by atoms with Crippen LogP contribution >= 0.6 is 11.6 Å². The van der Waals surface area contributed by atoms with Crippen LogP contribution in [-0.4, -0.2) is 28.8 Å². The predicted octanol–water partition coefficient (Wildman–Crippen LogP) is 2.54. The van der Waals surface area contributed by atoms with Crippen LogP contribution in [0.5, 0.6) is 11.5 Å². The third-order valence-corrected chi connectivity index (χ3v) is 3.70. The fourth-order valence-corrected chi connectivity index (χ4v) is 2.55. The molecule has 0 aliphatic heterocycles. The first-order chi connectivity index (χ1) is 11.2. The fraction of sp³-hybridized carbons (Fsp3) is 0.188. The van der Waals surface area contributed by atoms with E-state index in [9.17, 15) is 4.79 Å². The molecule has 118 valence electrons. The summed E-state index contributed by atoms with van der Waals surface area (Å²) in [5, 5.41) is 0.409. The van der Waals surface area contributed by atoms with Crippen molar-refractivity contribution in [3.05, 3.63) is 52.7 Å². The SMILES string of the molecule is COc1ccc(OC)c(-n2c(CCl)nc3ncccc3c2=O)c1. The zero-order valence-electron chi connectivity index (χ0n) is 12.6. The van der Waals surface area contributed by atoms with Gasteiger partial charge in [0.2, 0.25) is 0 Å². The minimum atomic E-state index is -0.259. The number of pyridine rings is 1. The summed E-state index contributed by atoms with van der Waals surface area (Å²) in [5.74, 6) is 1.56. The Labute approximate surface area is 137 Å². The van der Waals surface area contributed by atoms with Crippen LogP contribution in [0.25, 0.3) is 16.7 Å². The Bertz CT molecular complexity index is 924. The van der Waals surface area contributed by atoms with E-state index in [-0.39, 0.29) is 11.4 Å². The number of ether oxygens (including phenoxy) is 2. The van der Waals surface area contributed by atoms with Gasteiger partial charge in [0.15, 0.2) is 5.65 Å². The third kappa shape index (κ3) is 2.61. The monoisotopic (exact) mass is 331 g/mol. The smallest absolute Gasteiger partial charge is 0.267 e. The van der Waals surface area contributed by atoms with E-state index in [1.165, 1.54) is 11.7 Å². The molecule has 0 bridgehead atoms. The highest BCUT2D eigenvalue weighted by Gasteiger charge is 2.16. The van der Waals surface area contributed by atoms with Gasteiger partial charge in [0, 0.05) is 12.3 Å². The maximum atomic E-state index is 12.9. The number of benzene rings is 1. The highest BCUT2D eigenvalue weighted by Crippen LogP contribution is 2.28. The molecule has 0 saturated heterocycles. The lowest BCUT2D eigenvalue weighted by molar-refractivity contribution is 0.401. The van der Waals surface area contributed by atoms with E-state index in [0.29, 0.717) is 34.0 Å². The molecule has 2 aromatic heterocycles. The molecule has 23 heavy (non-hydrogen) atoms. The van der Waals surface area contributed by atoms with Gasteiger partial charge in [0.25, 0.3) is 5.56 Å². The molecule has 0 fully saturated rings. The molecule has 0 saturated carbocycles. The van der Waals surface area contributed by atoms with Gasteiger partial charge < -0.3 is 9.47 Å². The first kappa shape index (κ1) is 15.3. The fourth-order valence-electron chi connectivity index (χ4n) is 2.37. The summed E-state index contributed by atoms with van der Waals surface area (Å²) in [4.78, 5) is 21.4. The summed E-state index contributed by atoms with van der Waals surface area (Å²) in [6.45, 7) is 0. The van der Waals surface area contributed by atoms with Crippen LogP contribution in [-0.2, 0) is 5.88 Å². The van der Waals surface area contributed by atoms with E-state index in [1.807, 2.05) is 0 Å². The minimum absolute atomic E-state index is 0.0577. The van der Waals surface area contributed by atoms with E-state index in [1.54, 1.807) is 43.6 Å². The molecule has 0 aliphatic rings. The van der Waals surface area contributed by atoms with Crippen molar-refractivity contribution in [3.63, 3.8) is 0 Å². The Morgan fingerprint density at radius 1 is 1.22 bits per heavy atom. The molecule has 0 amide bonds. The lowest BCUT2D eigenvalue weighted by Crippen LogP contribution is -2.24. The van der Waals surface area contributed by atoms with E-state index < -0.39 is 0 Å². The Kier molecular flexibility index (Phi) is 4.16. The maximum absolute atomic E-state index is 12.9. The number of methoxy groups -OCH3 is 2. The van der Waals surface area contributed by atoms with Crippen LogP contribution in [0.4, 0.5) is 0 Å². The molecule has 1 aromatic carbocycles. The molecule has 7 heteroatoms. The molecule has 0 N–H and O–H groups in total. The molecule has 0 atom stereocenters. The van der Waals surface area contributed by atoms with Crippen molar-refractivity contribution in [1.29, 1.82) is 0 Å². The van der Waals surface area contributed by atoms with Gasteiger partial charge in [-0.15, -0.1) is 11.6 Å². The van der Waals surface area contributed by atoms with Crippen molar-refractivity contribution in [3.8, 4) is 17.2 Å². The van der Waals surface area contributed by atoms with Crippen LogP contribution in [0.3, 0.4) is 0 Å². The molecule has 2 heterocycles. The van der Waals surface area contributed by atoms with Gasteiger partial charge in [-0.2, -0.15) is 0 Å². The number of rotatable bonds is 4. The minimum Gasteiger partial charge on any atom is -0.497 e. The molecule has 3 rings (SSSR count). The number of halogens is 1. The summed E-state index contributed by atoms with van der Waals surface area (Å²) in [6, 6.07) is 8.56. The first-order valence-electron chi connectivity index (χ1n) is 6.84. The van der Waals surface area contributed by atoms with Crippen LogP contribution in [0.15, 0.2) is 41.3 Å². The zero-order valence-corrected chi connectivity index (χ0v) is 13.4. The third-order valence-electron chi connectivity index (χ3n) is 3.46. The van der Waals surface area contributed by atoms with Crippen LogP contribution in [0.1, 0.15) is 5.82 Å². The van der Waals surface area contributed by atoms with E-state index in [2.05, 4.69) is 9.97 Å². The summed E-state index contributed by atoms with van der Waals surface area (Å²) >= 11 is 6.00. The number of hydrogen-bond acceptors (Lipinski definition) is 5. The second-order valence-corrected chi connectivity index (χ2v) is 4.98. The second-order valence-electron chi connectivity index (χ2n) is 4.71. The van der Waals surface area contributed by atoms with E-state index in [4.69, 9.17) is 21.1 Å². The highest BCUT2D eigenvalue weighted by atomic mass is 35.5. The molecule has 0 spiro atoms. The first-order valence-corrected chi connectivity index (χ1v) is 7.38. The number of nitrogens with zero attached hydrogens (tertiary/aromatic N) is 3. The Balaban J connectivity index is 2.40. The summed E-state index contributed by atoms with van der Waals surface area (Å²) in [5.41, 5.74) is 0.627. The van der Waals surface area contributed by atoms with Crippen LogP contribution < -0.4 is 15.0 Å². The van der Waals surface area contributed by atoms with Crippen molar-refractivity contribution in [2.24, 2.45) is 0 Å². The van der Waals surface area contributed by atoms with Crippen molar-refractivity contribution in [2.45, 2.75) is 5.88 Å². The van der Waals surface area contributed by atoms with Crippen LogP contribution in [0, 0.1) is 0 Å². The maximum Gasteiger partial charge on any atom is 0.267 e. The van der Waals surface area contributed by atoms with Gasteiger partial charge in [0.05, 0.1) is 31.2 Å². The summed E-state index contributed by atoms with van der Waals surface area (Å²) in [6.07, 6.45) is 1.59. The van der Waals surface area contributed by atoms with Gasteiger partial charge in [-0.3, -0.25) is 9.36 Å². The molecule has 6 nitrogen and oxygen atoms in total. The largest absolute Gasteiger partial charge is 0.497 e. The Hall–Kier alpha value is -2.60. The van der Waals surface area contributed by atoms with Crippen molar-refractivity contribution >= 4 is 22.6 Å². The summed E-state index contributed by atoms with van der Waals surface area (Å²) in [7, 11) is 3.09. The number of alkyl halides is 1. The van der Waals surface area contributed by atoms with Crippen molar-refractivity contribution < 1.29 is 9.47 Å². The number of fused-ring (bicyclic) bond motifs is 1. The van der Waals surface area contributed by atoms with Crippen molar-refractivity contribution in [1.82, 2.24) is 14.5 Å². The number of aromatic nitrogens is 3. The average Bonchev–Trinajstić information content (AvgIpc) is 2.61. The molecular formula is C16H14ClN3O3. The normalized spacial score (nSPS) is 10.7. The van der Waals surface area contributed by atoms with Gasteiger partial charge in [-0.1, -0.05) is 0 Å². The predicted molar refractivity (Wildman–Crippen MR) is 87.8 cm³/mol. The molecule has 3 aromatic rings. The average molecular weight is 332 g/mol. The number of hydrogen-bond donors (Lipinski definition) is 0. The molecular weight excluding hydrogens is 318 g/mol. The van der Waals surface area contributed by atoms with E-state index >= 15 is 0 Å². The second kappa shape index (κ2) is 6.26. The van der Waals surface area contributed by atoms with Gasteiger partial charge in [-0.25, -0.2) is 9.97 Å². The lowest BCUT2D eigenvalue weighted by Gasteiger charge is -2.15. The van der Waals surface area contributed by atoms with Gasteiger partial charge in [0.1, 0.15) is 17.3 Å². The summed E-state index contributed by atoms with van der Waals surface area (Å²) < 4.78 is 12.0. The van der Waals surface area contributed by atoms with Gasteiger partial charge >= 0.3 is 0 Å². The Morgan fingerprint density at radius 3 is 2.74 bits per heavy atom. The molecule has 0 aliphatic carbocycles. The molecule has 0 unspecified atom stereocenters. The van der Waals surface area contributed by atoms with Gasteiger partial charge in [-0.05, 0) is 24.3 Å². The quantitative estimate of drug-likeness (QED) is 0.687. The standard InChI is InChI=1S/C16H14ClN3O3/c1-22-10-5-6-13(23-2)12(8-10)20-14(9-17)19-15-11(16(20)21)4-3-7-18-15/h3-8H,9H2,1-2H3. The van der Waals surface area contributed by atoms with Crippen molar-refractivity contribution in [2.75, 3.05) is 14.2 Å². The van der Waals surface area contributed by atoms with E-state index in [0.717, 1.165) is 0 Å². The molecule has 0 radical (unpaired) electrons. The zero-order chi connectivity index (χ0) is 16.4. The Morgan fingerprint density at radius 2 is 2.04 bits per heavy atom. The topological polar surface area (TPSA) is 66.2 Å². The lowest BCUT2D eigenvalue weighted by atomic mass is 10.2. The van der Waals surface area contributed by atoms with Crippen LogP contribution in [0.2, 0.25) is 0 Å².